The Labute approximate surface area is 147 Å². The average molecular weight is 336 g/mol. The van der Waals surface area contributed by atoms with Gasteiger partial charge in [0.25, 0.3) is 0 Å². The van der Waals surface area contributed by atoms with Crippen molar-refractivity contribution in [3.8, 4) is 0 Å². The molecule has 0 aliphatic carbocycles. The van der Waals surface area contributed by atoms with Gasteiger partial charge in [-0.25, -0.2) is 0 Å². The fraction of sp³-hybridized carbons (Fsp3) is 0.190. The Kier molecular flexibility index (Phi) is 6.40. The van der Waals surface area contributed by atoms with Crippen LogP contribution in [0.3, 0.4) is 0 Å². The van der Waals surface area contributed by atoms with Gasteiger partial charge in [0, 0.05) is 11.1 Å². The number of carbonyl (C=O) groups is 3. The highest BCUT2D eigenvalue weighted by Crippen LogP contribution is 2.23. The van der Waals surface area contributed by atoms with Gasteiger partial charge in [-0.05, 0) is 25.5 Å². The number of hydrogen-bond acceptors (Lipinski definition) is 4. The Morgan fingerprint density at radius 1 is 0.960 bits per heavy atom. The number of ether oxygens (including phenoxy) is 1. The van der Waals surface area contributed by atoms with E-state index in [1.165, 1.54) is 6.92 Å². The van der Waals surface area contributed by atoms with E-state index in [1.54, 1.807) is 55.5 Å². The molecule has 0 fully saturated rings. The van der Waals surface area contributed by atoms with Crippen molar-refractivity contribution in [2.75, 3.05) is 6.61 Å². The summed E-state index contributed by atoms with van der Waals surface area (Å²) in [5, 5.41) is 0. The normalized spacial score (nSPS) is 12.3. The Morgan fingerprint density at radius 3 is 2.04 bits per heavy atom. The summed E-state index contributed by atoms with van der Waals surface area (Å²) in [7, 11) is 0. The van der Waals surface area contributed by atoms with E-state index in [2.05, 4.69) is 0 Å². The van der Waals surface area contributed by atoms with Crippen molar-refractivity contribution in [2.45, 2.75) is 13.8 Å². The molecular formula is C21H20O4. The summed E-state index contributed by atoms with van der Waals surface area (Å²) in [5.74, 6) is -2.74. The maximum absolute atomic E-state index is 13.0. The zero-order valence-corrected chi connectivity index (χ0v) is 14.3. The minimum Gasteiger partial charge on any atom is -0.465 e. The molecule has 0 aromatic heterocycles. The van der Waals surface area contributed by atoms with E-state index < -0.39 is 17.7 Å². The lowest BCUT2D eigenvalue weighted by Gasteiger charge is -2.16. The van der Waals surface area contributed by atoms with Crippen molar-refractivity contribution in [3.63, 3.8) is 0 Å². The monoisotopic (exact) mass is 336 g/mol. The standard InChI is InChI=1S/C21H20O4/c1-3-25-21(24)19(15(2)22)18(14-16-10-6-4-7-11-16)20(23)17-12-8-5-9-13-17/h4-14,19H,3H2,1-2H3/b18-14+. The fourth-order valence-electron chi connectivity index (χ4n) is 2.50. The lowest BCUT2D eigenvalue weighted by Crippen LogP contribution is -2.29. The van der Waals surface area contributed by atoms with Crippen LogP contribution in [0.2, 0.25) is 0 Å². The SMILES string of the molecule is CCOC(=O)C(C(C)=O)/C(=C\c1ccccc1)C(=O)c1ccccc1. The van der Waals surface area contributed by atoms with Gasteiger partial charge < -0.3 is 4.74 Å². The summed E-state index contributed by atoms with van der Waals surface area (Å²) >= 11 is 0. The van der Waals surface area contributed by atoms with E-state index >= 15 is 0 Å². The summed E-state index contributed by atoms with van der Waals surface area (Å²) in [4.78, 5) is 37.4. The van der Waals surface area contributed by atoms with Crippen molar-refractivity contribution in [3.05, 3.63) is 77.4 Å². The second-order valence-electron chi connectivity index (χ2n) is 5.50. The summed E-state index contributed by atoms with van der Waals surface area (Å²) in [6, 6.07) is 17.7. The Bertz CT molecular complexity index is 776. The number of hydrogen-bond donors (Lipinski definition) is 0. The van der Waals surface area contributed by atoms with Crippen molar-refractivity contribution < 1.29 is 19.1 Å². The molecule has 0 bridgehead atoms. The molecule has 0 saturated heterocycles. The molecule has 25 heavy (non-hydrogen) atoms. The van der Waals surface area contributed by atoms with Crippen LogP contribution in [0.1, 0.15) is 29.8 Å². The topological polar surface area (TPSA) is 60.4 Å². The average Bonchev–Trinajstić information content (AvgIpc) is 2.62. The number of Topliss-reactive ketones (excluding diaryl/α,β-unsaturated/α-hetero) is 2. The minimum absolute atomic E-state index is 0.114. The maximum Gasteiger partial charge on any atom is 0.321 e. The van der Waals surface area contributed by atoms with Crippen LogP contribution in [0, 0.1) is 5.92 Å². The number of esters is 1. The van der Waals surface area contributed by atoms with Crippen LogP contribution >= 0.6 is 0 Å². The van der Waals surface area contributed by atoms with Gasteiger partial charge in [-0.3, -0.25) is 14.4 Å². The molecule has 0 aliphatic rings. The summed E-state index contributed by atoms with van der Waals surface area (Å²) in [6.07, 6.45) is 1.58. The molecule has 1 unspecified atom stereocenters. The first kappa shape index (κ1) is 18.3. The van der Waals surface area contributed by atoms with Crippen molar-refractivity contribution in [1.29, 1.82) is 0 Å². The largest absolute Gasteiger partial charge is 0.465 e. The fourth-order valence-corrected chi connectivity index (χ4v) is 2.50. The number of rotatable bonds is 7. The van der Waals surface area contributed by atoms with E-state index in [0.29, 0.717) is 5.56 Å². The maximum atomic E-state index is 13.0. The highest BCUT2D eigenvalue weighted by molar-refractivity contribution is 6.19. The molecule has 0 heterocycles. The van der Waals surface area contributed by atoms with Gasteiger partial charge in [-0.15, -0.1) is 0 Å². The van der Waals surface area contributed by atoms with Crippen LogP contribution in [0.4, 0.5) is 0 Å². The number of ketones is 2. The molecule has 1 atom stereocenters. The van der Waals surface area contributed by atoms with Gasteiger partial charge in [0.2, 0.25) is 0 Å². The van der Waals surface area contributed by atoms with E-state index in [4.69, 9.17) is 4.74 Å². The first-order valence-electron chi connectivity index (χ1n) is 8.08. The number of carbonyl (C=O) groups excluding carboxylic acids is 3. The molecule has 0 radical (unpaired) electrons. The van der Waals surface area contributed by atoms with Crippen LogP contribution in [0.25, 0.3) is 6.08 Å². The van der Waals surface area contributed by atoms with E-state index in [9.17, 15) is 14.4 Å². The van der Waals surface area contributed by atoms with E-state index in [1.807, 2.05) is 18.2 Å². The molecule has 0 aliphatic heterocycles. The molecule has 0 spiro atoms. The van der Waals surface area contributed by atoms with E-state index in [-0.39, 0.29) is 18.0 Å². The van der Waals surface area contributed by atoms with Gasteiger partial charge in [0.1, 0.15) is 11.7 Å². The van der Waals surface area contributed by atoms with Crippen LogP contribution in [0.15, 0.2) is 66.2 Å². The van der Waals surface area contributed by atoms with Crippen molar-refractivity contribution in [2.24, 2.45) is 5.92 Å². The molecule has 4 heteroatoms. The second-order valence-corrected chi connectivity index (χ2v) is 5.50. The van der Waals surface area contributed by atoms with Crippen molar-refractivity contribution >= 4 is 23.6 Å². The third-order valence-corrected chi connectivity index (χ3v) is 3.66. The number of benzene rings is 2. The second kappa shape index (κ2) is 8.73. The molecular weight excluding hydrogens is 316 g/mol. The van der Waals surface area contributed by atoms with Gasteiger partial charge in [0.05, 0.1) is 6.61 Å². The Hall–Kier alpha value is -3.01. The van der Waals surface area contributed by atoms with Crippen molar-refractivity contribution in [1.82, 2.24) is 0 Å². The van der Waals surface area contributed by atoms with Crippen LogP contribution in [-0.2, 0) is 14.3 Å². The molecule has 2 aromatic rings. The Balaban J connectivity index is 2.55. The predicted octanol–water partition coefficient (Wildman–Crippen LogP) is 3.72. The predicted molar refractivity (Wildman–Crippen MR) is 96.0 cm³/mol. The zero-order chi connectivity index (χ0) is 18.2. The first-order chi connectivity index (χ1) is 12.0. The quantitative estimate of drug-likeness (QED) is 0.335. The molecule has 2 rings (SSSR count). The van der Waals surface area contributed by atoms with Gasteiger partial charge >= 0.3 is 5.97 Å². The summed E-state index contributed by atoms with van der Waals surface area (Å²) in [6.45, 7) is 3.09. The zero-order valence-electron chi connectivity index (χ0n) is 14.3. The highest BCUT2D eigenvalue weighted by Gasteiger charge is 2.33. The molecule has 0 N–H and O–H groups in total. The molecule has 0 amide bonds. The van der Waals surface area contributed by atoms with Crippen LogP contribution < -0.4 is 0 Å². The van der Waals surface area contributed by atoms with Gasteiger partial charge in [-0.1, -0.05) is 60.7 Å². The van der Waals surface area contributed by atoms with Crippen LogP contribution in [-0.4, -0.2) is 24.1 Å². The molecule has 4 nitrogen and oxygen atoms in total. The first-order valence-corrected chi connectivity index (χ1v) is 8.08. The summed E-state index contributed by atoms with van der Waals surface area (Å²) < 4.78 is 5.02. The smallest absolute Gasteiger partial charge is 0.321 e. The van der Waals surface area contributed by atoms with Gasteiger partial charge in [0.15, 0.2) is 5.78 Å². The van der Waals surface area contributed by atoms with E-state index in [0.717, 1.165) is 5.56 Å². The summed E-state index contributed by atoms with van der Waals surface area (Å²) in [5.41, 5.74) is 1.26. The lowest BCUT2D eigenvalue weighted by molar-refractivity contribution is -0.149. The third kappa shape index (κ3) is 4.73. The lowest BCUT2D eigenvalue weighted by atomic mass is 9.87. The minimum atomic E-state index is -1.24. The Morgan fingerprint density at radius 2 is 1.52 bits per heavy atom. The third-order valence-electron chi connectivity index (χ3n) is 3.66. The molecule has 128 valence electrons. The van der Waals surface area contributed by atoms with Gasteiger partial charge in [-0.2, -0.15) is 0 Å². The van der Waals surface area contributed by atoms with Crippen LogP contribution in [0.5, 0.6) is 0 Å². The molecule has 0 saturated carbocycles. The molecule has 2 aromatic carbocycles. The highest BCUT2D eigenvalue weighted by atomic mass is 16.5.